The molecule has 2 heterocycles. The van der Waals surface area contributed by atoms with Crippen LogP contribution < -0.4 is 5.32 Å². The number of hydrogen-bond acceptors (Lipinski definition) is 5. The van der Waals surface area contributed by atoms with Gasteiger partial charge in [0.05, 0.1) is 11.7 Å². The lowest BCUT2D eigenvalue weighted by molar-refractivity contribution is -0.143. The SMILES string of the molecule is CCC(NC(=O)c1conc1C(F)(F)F)c1c(C)noc1C. The second-order valence-electron chi connectivity index (χ2n) is 4.75. The van der Waals surface area contributed by atoms with Gasteiger partial charge in [-0.15, -0.1) is 0 Å². The maximum atomic E-state index is 12.7. The van der Waals surface area contributed by atoms with Gasteiger partial charge in [0.1, 0.15) is 17.6 Å². The molecule has 0 saturated heterocycles. The zero-order valence-electron chi connectivity index (χ0n) is 12.1. The van der Waals surface area contributed by atoms with E-state index in [-0.39, 0.29) is 0 Å². The molecule has 9 heteroatoms. The van der Waals surface area contributed by atoms with Crippen molar-refractivity contribution in [2.24, 2.45) is 0 Å². The summed E-state index contributed by atoms with van der Waals surface area (Å²) < 4.78 is 47.5. The Morgan fingerprint density at radius 1 is 1.36 bits per heavy atom. The van der Waals surface area contributed by atoms with E-state index >= 15 is 0 Å². The predicted molar refractivity (Wildman–Crippen MR) is 68.0 cm³/mol. The summed E-state index contributed by atoms with van der Waals surface area (Å²) in [5.41, 5.74) is -0.775. The van der Waals surface area contributed by atoms with Crippen LogP contribution in [0.4, 0.5) is 13.2 Å². The molecule has 0 saturated carbocycles. The number of carbonyl (C=O) groups is 1. The molecule has 0 bridgehead atoms. The van der Waals surface area contributed by atoms with Crippen LogP contribution in [0.15, 0.2) is 15.3 Å². The maximum absolute atomic E-state index is 12.7. The van der Waals surface area contributed by atoms with Crippen molar-refractivity contribution < 1.29 is 27.0 Å². The molecule has 0 aromatic carbocycles. The van der Waals surface area contributed by atoms with Crippen LogP contribution in [-0.2, 0) is 6.18 Å². The van der Waals surface area contributed by atoms with Gasteiger partial charge < -0.3 is 14.4 Å². The van der Waals surface area contributed by atoms with Gasteiger partial charge in [-0.25, -0.2) is 0 Å². The third-order valence-corrected chi connectivity index (χ3v) is 3.23. The second kappa shape index (κ2) is 5.82. The molecule has 22 heavy (non-hydrogen) atoms. The number of aromatic nitrogens is 2. The molecule has 0 aliphatic carbocycles. The van der Waals surface area contributed by atoms with Crippen LogP contribution in [0.5, 0.6) is 0 Å². The molecule has 6 nitrogen and oxygen atoms in total. The van der Waals surface area contributed by atoms with Crippen molar-refractivity contribution >= 4 is 5.91 Å². The van der Waals surface area contributed by atoms with Crippen molar-refractivity contribution in [1.82, 2.24) is 15.6 Å². The number of aryl methyl sites for hydroxylation is 2. The molecule has 0 fully saturated rings. The number of carbonyl (C=O) groups excluding carboxylic acids is 1. The number of hydrogen-bond donors (Lipinski definition) is 1. The van der Waals surface area contributed by atoms with Gasteiger partial charge in [0.15, 0.2) is 5.69 Å². The predicted octanol–water partition coefficient (Wildman–Crippen LogP) is 3.18. The highest BCUT2D eigenvalue weighted by Crippen LogP contribution is 2.31. The largest absolute Gasteiger partial charge is 0.437 e. The van der Waals surface area contributed by atoms with Gasteiger partial charge in [-0.05, 0) is 20.3 Å². The van der Waals surface area contributed by atoms with Crippen LogP contribution >= 0.6 is 0 Å². The first kappa shape index (κ1) is 16.1. The first-order valence-electron chi connectivity index (χ1n) is 6.50. The Hall–Kier alpha value is -2.32. The zero-order chi connectivity index (χ0) is 16.5. The van der Waals surface area contributed by atoms with Gasteiger partial charge >= 0.3 is 6.18 Å². The third kappa shape index (κ3) is 2.97. The zero-order valence-corrected chi connectivity index (χ0v) is 12.1. The van der Waals surface area contributed by atoms with E-state index in [0.29, 0.717) is 29.7 Å². The van der Waals surface area contributed by atoms with Crippen molar-refractivity contribution in [2.75, 3.05) is 0 Å². The van der Waals surface area contributed by atoms with Crippen molar-refractivity contribution in [3.63, 3.8) is 0 Å². The van der Waals surface area contributed by atoms with Crippen LogP contribution in [0, 0.1) is 13.8 Å². The van der Waals surface area contributed by atoms with Crippen LogP contribution in [0.2, 0.25) is 0 Å². The van der Waals surface area contributed by atoms with Crippen LogP contribution in [0.25, 0.3) is 0 Å². The number of nitrogens with one attached hydrogen (secondary N) is 1. The molecule has 0 aliphatic heterocycles. The van der Waals surface area contributed by atoms with E-state index in [2.05, 4.69) is 20.2 Å². The molecule has 0 radical (unpaired) electrons. The Balaban J connectivity index is 2.26. The number of halogens is 3. The van der Waals surface area contributed by atoms with E-state index in [1.165, 1.54) is 0 Å². The van der Waals surface area contributed by atoms with Crippen molar-refractivity contribution in [3.05, 3.63) is 34.5 Å². The summed E-state index contributed by atoms with van der Waals surface area (Å²) in [7, 11) is 0. The molecule has 1 N–H and O–H groups in total. The molecule has 0 aliphatic rings. The molecule has 2 aromatic rings. The quantitative estimate of drug-likeness (QED) is 0.936. The lowest BCUT2D eigenvalue weighted by Gasteiger charge is -2.16. The number of rotatable bonds is 4. The summed E-state index contributed by atoms with van der Waals surface area (Å²) in [6, 6.07) is -0.519. The number of alkyl halides is 3. The molecule has 2 rings (SSSR count). The van der Waals surface area contributed by atoms with Crippen molar-refractivity contribution in [1.29, 1.82) is 0 Å². The Bertz CT molecular complexity index is 656. The monoisotopic (exact) mass is 317 g/mol. The Kier molecular flexibility index (Phi) is 4.25. The fourth-order valence-electron chi connectivity index (χ4n) is 2.20. The average molecular weight is 317 g/mol. The molecule has 1 atom stereocenters. The van der Waals surface area contributed by atoms with Crippen LogP contribution in [0.1, 0.15) is 52.5 Å². The normalized spacial score (nSPS) is 13.2. The minimum Gasteiger partial charge on any atom is -0.363 e. The Morgan fingerprint density at radius 3 is 2.55 bits per heavy atom. The van der Waals surface area contributed by atoms with Gasteiger partial charge in [0.2, 0.25) is 0 Å². The minimum absolute atomic E-state index is 0.460. The van der Waals surface area contributed by atoms with Crippen molar-refractivity contribution in [3.8, 4) is 0 Å². The Morgan fingerprint density at radius 2 is 2.05 bits per heavy atom. The van der Waals surface area contributed by atoms with Gasteiger partial charge in [0.25, 0.3) is 5.91 Å². The minimum atomic E-state index is -4.76. The first-order valence-corrected chi connectivity index (χ1v) is 6.50. The highest BCUT2D eigenvalue weighted by atomic mass is 19.4. The van der Waals surface area contributed by atoms with Gasteiger partial charge in [-0.2, -0.15) is 13.2 Å². The molecule has 120 valence electrons. The van der Waals surface area contributed by atoms with Gasteiger partial charge in [0, 0.05) is 5.56 Å². The summed E-state index contributed by atoms with van der Waals surface area (Å²) in [5.74, 6) is -0.411. The molecule has 1 unspecified atom stereocenters. The topological polar surface area (TPSA) is 81.2 Å². The molecule has 1 amide bonds. The molecular formula is C13H14F3N3O3. The highest BCUT2D eigenvalue weighted by Gasteiger charge is 2.40. The summed E-state index contributed by atoms with van der Waals surface area (Å²) in [6.45, 7) is 5.15. The third-order valence-electron chi connectivity index (χ3n) is 3.23. The number of nitrogens with zero attached hydrogens (tertiary/aromatic N) is 2. The van der Waals surface area contributed by atoms with E-state index in [1.807, 2.05) is 0 Å². The van der Waals surface area contributed by atoms with E-state index in [1.54, 1.807) is 20.8 Å². The fraction of sp³-hybridized carbons (Fsp3) is 0.462. The summed E-state index contributed by atoms with van der Waals surface area (Å²) >= 11 is 0. The summed E-state index contributed by atoms with van der Waals surface area (Å²) in [6.07, 6.45) is -3.62. The smallest absolute Gasteiger partial charge is 0.363 e. The highest BCUT2D eigenvalue weighted by molar-refractivity contribution is 5.95. The lowest BCUT2D eigenvalue weighted by atomic mass is 10.0. The fourth-order valence-corrected chi connectivity index (χ4v) is 2.20. The van der Waals surface area contributed by atoms with Crippen molar-refractivity contribution in [2.45, 2.75) is 39.4 Å². The Labute approximate surface area is 123 Å². The van der Waals surface area contributed by atoms with Gasteiger partial charge in [-0.3, -0.25) is 4.79 Å². The number of amides is 1. The van der Waals surface area contributed by atoms with Crippen LogP contribution in [-0.4, -0.2) is 16.2 Å². The maximum Gasteiger partial charge on any atom is 0.437 e. The standard InChI is InChI=1S/C13H14F3N3O3/c1-4-9(10-6(2)18-22-7(10)3)17-12(20)8-5-21-19-11(8)13(14,15)16/h5,9H,4H2,1-3H3,(H,17,20). The lowest BCUT2D eigenvalue weighted by Crippen LogP contribution is -2.30. The molecule has 0 spiro atoms. The van der Waals surface area contributed by atoms with Gasteiger partial charge in [-0.1, -0.05) is 17.2 Å². The molecular weight excluding hydrogens is 303 g/mol. The van der Waals surface area contributed by atoms with E-state index < -0.39 is 29.4 Å². The second-order valence-corrected chi connectivity index (χ2v) is 4.75. The average Bonchev–Trinajstić information content (AvgIpc) is 3.03. The van der Waals surface area contributed by atoms with E-state index in [9.17, 15) is 18.0 Å². The summed E-state index contributed by atoms with van der Waals surface area (Å²) in [5, 5.41) is 9.15. The van der Waals surface area contributed by atoms with E-state index in [0.717, 1.165) is 0 Å². The van der Waals surface area contributed by atoms with Crippen LogP contribution in [0.3, 0.4) is 0 Å². The first-order chi connectivity index (χ1) is 10.3. The molecule has 2 aromatic heterocycles. The van der Waals surface area contributed by atoms with E-state index in [4.69, 9.17) is 4.52 Å². The summed E-state index contributed by atoms with van der Waals surface area (Å²) in [4.78, 5) is 12.1.